The minimum Gasteiger partial charge on any atom is -0.465 e. The Bertz CT molecular complexity index is 660. The van der Waals surface area contributed by atoms with E-state index in [0.29, 0.717) is 16.9 Å². The predicted octanol–water partition coefficient (Wildman–Crippen LogP) is 4.32. The number of nitrogens with two attached hydrogens (primary N) is 1. The van der Waals surface area contributed by atoms with Crippen LogP contribution in [0.2, 0.25) is 0 Å². The summed E-state index contributed by atoms with van der Waals surface area (Å²) < 4.78 is 6.53. The molecule has 2 aromatic carbocycles. The maximum atomic E-state index is 11.5. The normalized spacial score (nSPS) is 10.2. The van der Waals surface area contributed by atoms with E-state index in [-0.39, 0.29) is 0 Å². The number of nitrogens with one attached hydrogen (secondary N) is 1. The highest BCUT2D eigenvalue weighted by Gasteiger charge is 2.10. The van der Waals surface area contributed by atoms with Gasteiger partial charge in [-0.25, -0.2) is 4.79 Å². The van der Waals surface area contributed by atoms with Crippen molar-refractivity contribution in [1.29, 1.82) is 0 Å². The number of rotatable bonds is 3. The standard InChI is InChI=1S/C14H12Br2N2O2/c1-20-14(19)8-2-5-11(17)13(6-8)18-12-7-9(15)3-4-10(12)16/h2-7,18H,17H2,1H3. The molecular weight excluding hydrogens is 388 g/mol. The van der Waals surface area contributed by atoms with Gasteiger partial charge in [-0.05, 0) is 52.3 Å². The molecule has 0 fully saturated rings. The van der Waals surface area contributed by atoms with Crippen molar-refractivity contribution in [1.82, 2.24) is 0 Å². The Morgan fingerprint density at radius 2 is 1.90 bits per heavy atom. The zero-order chi connectivity index (χ0) is 14.7. The molecule has 0 heterocycles. The maximum Gasteiger partial charge on any atom is 0.337 e. The maximum absolute atomic E-state index is 11.5. The van der Waals surface area contributed by atoms with Crippen molar-refractivity contribution in [3.05, 3.63) is 50.9 Å². The number of halogens is 2. The number of ether oxygens (including phenoxy) is 1. The summed E-state index contributed by atoms with van der Waals surface area (Å²) in [5.41, 5.74) is 8.40. The van der Waals surface area contributed by atoms with Crippen LogP contribution in [0.5, 0.6) is 0 Å². The lowest BCUT2D eigenvalue weighted by molar-refractivity contribution is 0.0601. The second-order valence-electron chi connectivity index (χ2n) is 4.04. The molecule has 0 aliphatic rings. The van der Waals surface area contributed by atoms with Gasteiger partial charge in [-0.2, -0.15) is 0 Å². The minimum atomic E-state index is -0.402. The van der Waals surface area contributed by atoms with Crippen molar-refractivity contribution in [3.63, 3.8) is 0 Å². The zero-order valence-electron chi connectivity index (χ0n) is 10.6. The summed E-state index contributed by atoms with van der Waals surface area (Å²) >= 11 is 6.87. The predicted molar refractivity (Wildman–Crippen MR) is 87.3 cm³/mol. The second-order valence-corrected chi connectivity index (χ2v) is 5.81. The third-order valence-corrected chi connectivity index (χ3v) is 3.86. The van der Waals surface area contributed by atoms with E-state index < -0.39 is 5.97 Å². The first-order valence-electron chi connectivity index (χ1n) is 5.71. The Labute approximate surface area is 133 Å². The van der Waals surface area contributed by atoms with Crippen molar-refractivity contribution in [2.24, 2.45) is 0 Å². The highest BCUT2D eigenvalue weighted by Crippen LogP contribution is 2.31. The largest absolute Gasteiger partial charge is 0.465 e. The van der Waals surface area contributed by atoms with Gasteiger partial charge in [0, 0.05) is 8.95 Å². The van der Waals surface area contributed by atoms with Gasteiger partial charge in [-0.15, -0.1) is 0 Å². The van der Waals surface area contributed by atoms with Crippen molar-refractivity contribution in [2.75, 3.05) is 18.2 Å². The van der Waals surface area contributed by atoms with Crippen LogP contribution < -0.4 is 11.1 Å². The van der Waals surface area contributed by atoms with Crippen LogP contribution in [0, 0.1) is 0 Å². The number of carbonyl (C=O) groups is 1. The number of methoxy groups -OCH3 is 1. The Balaban J connectivity index is 2.37. The number of hydrogen-bond acceptors (Lipinski definition) is 4. The first-order valence-corrected chi connectivity index (χ1v) is 7.30. The van der Waals surface area contributed by atoms with Crippen LogP contribution in [-0.4, -0.2) is 13.1 Å². The molecule has 0 aliphatic heterocycles. The summed E-state index contributed by atoms with van der Waals surface area (Å²) in [6.45, 7) is 0. The van der Waals surface area contributed by atoms with E-state index in [1.54, 1.807) is 18.2 Å². The van der Waals surface area contributed by atoms with Gasteiger partial charge in [0.1, 0.15) is 0 Å². The van der Waals surface area contributed by atoms with Gasteiger partial charge in [0.05, 0.1) is 29.7 Å². The van der Waals surface area contributed by atoms with Gasteiger partial charge in [0.2, 0.25) is 0 Å². The number of carbonyl (C=O) groups excluding carboxylic acids is 1. The van der Waals surface area contributed by atoms with Crippen molar-refractivity contribution < 1.29 is 9.53 Å². The highest BCUT2D eigenvalue weighted by molar-refractivity contribution is 9.11. The van der Waals surface area contributed by atoms with Gasteiger partial charge in [-0.3, -0.25) is 0 Å². The van der Waals surface area contributed by atoms with E-state index in [4.69, 9.17) is 10.5 Å². The summed E-state index contributed by atoms with van der Waals surface area (Å²) in [6.07, 6.45) is 0. The van der Waals surface area contributed by atoms with Gasteiger partial charge in [-0.1, -0.05) is 15.9 Å². The molecule has 0 saturated heterocycles. The molecule has 0 radical (unpaired) electrons. The fraction of sp³-hybridized carbons (Fsp3) is 0.0714. The van der Waals surface area contributed by atoms with Gasteiger partial charge >= 0.3 is 5.97 Å². The molecule has 0 unspecified atom stereocenters. The number of benzene rings is 2. The third-order valence-electron chi connectivity index (χ3n) is 2.67. The summed E-state index contributed by atoms with van der Waals surface area (Å²) in [5, 5.41) is 3.19. The zero-order valence-corrected chi connectivity index (χ0v) is 13.8. The minimum absolute atomic E-state index is 0.402. The number of hydrogen-bond donors (Lipinski definition) is 2. The van der Waals surface area contributed by atoms with Crippen LogP contribution in [0.25, 0.3) is 0 Å². The van der Waals surface area contributed by atoms with Crippen LogP contribution in [-0.2, 0) is 4.74 Å². The number of anilines is 3. The van der Waals surface area contributed by atoms with Gasteiger partial charge < -0.3 is 15.8 Å². The molecule has 2 aromatic rings. The fourth-order valence-electron chi connectivity index (χ4n) is 1.65. The molecule has 0 bridgehead atoms. The molecule has 4 nitrogen and oxygen atoms in total. The monoisotopic (exact) mass is 398 g/mol. The lowest BCUT2D eigenvalue weighted by Crippen LogP contribution is -2.04. The third kappa shape index (κ3) is 3.32. The van der Waals surface area contributed by atoms with E-state index in [0.717, 1.165) is 14.6 Å². The first-order chi connectivity index (χ1) is 9.51. The van der Waals surface area contributed by atoms with Crippen LogP contribution >= 0.6 is 31.9 Å². The van der Waals surface area contributed by atoms with Gasteiger partial charge in [0.25, 0.3) is 0 Å². The molecule has 104 valence electrons. The molecule has 0 spiro atoms. The van der Waals surface area contributed by atoms with Crippen LogP contribution in [0.4, 0.5) is 17.1 Å². The second kappa shape index (κ2) is 6.28. The Kier molecular flexibility index (Phi) is 4.67. The molecule has 20 heavy (non-hydrogen) atoms. The van der Waals surface area contributed by atoms with Crippen molar-refractivity contribution in [2.45, 2.75) is 0 Å². The summed E-state index contributed by atoms with van der Waals surface area (Å²) in [7, 11) is 1.34. The van der Waals surface area contributed by atoms with E-state index in [9.17, 15) is 4.79 Å². The van der Waals surface area contributed by atoms with Crippen LogP contribution in [0.1, 0.15) is 10.4 Å². The Morgan fingerprint density at radius 3 is 2.60 bits per heavy atom. The molecule has 0 atom stereocenters. The van der Waals surface area contributed by atoms with Crippen LogP contribution in [0.3, 0.4) is 0 Å². The van der Waals surface area contributed by atoms with Crippen molar-refractivity contribution in [3.8, 4) is 0 Å². The average molecular weight is 400 g/mol. The quantitative estimate of drug-likeness (QED) is 0.595. The summed E-state index contributed by atoms with van der Waals surface area (Å²) in [4.78, 5) is 11.5. The molecule has 0 aromatic heterocycles. The summed E-state index contributed by atoms with van der Waals surface area (Å²) in [6, 6.07) is 10.7. The molecule has 6 heteroatoms. The molecule has 2 rings (SSSR count). The lowest BCUT2D eigenvalue weighted by Gasteiger charge is -2.12. The molecular formula is C14H12Br2N2O2. The van der Waals surface area contributed by atoms with Crippen molar-refractivity contribution >= 4 is 54.9 Å². The van der Waals surface area contributed by atoms with Gasteiger partial charge in [0.15, 0.2) is 0 Å². The van der Waals surface area contributed by atoms with Crippen LogP contribution in [0.15, 0.2) is 45.3 Å². The Hall–Kier alpha value is -1.53. The SMILES string of the molecule is COC(=O)c1ccc(N)c(Nc2cc(Br)ccc2Br)c1. The van der Waals surface area contributed by atoms with E-state index in [2.05, 4.69) is 37.2 Å². The topological polar surface area (TPSA) is 64.3 Å². The highest BCUT2D eigenvalue weighted by atomic mass is 79.9. The molecule has 0 aliphatic carbocycles. The first kappa shape index (κ1) is 14.9. The lowest BCUT2D eigenvalue weighted by atomic mass is 10.1. The number of nitrogen functional groups attached to an aromatic ring is 1. The average Bonchev–Trinajstić information content (AvgIpc) is 2.44. The van der Waals surface area contributed by atoms with E-state index in [1.165, 1.54) is 7.11 Å². The molecule has 3 N–H and O–H groups in total. The molecule has 0 saturated carbocycles. The Morgan fingerprint density at radius 1 is 1.15 bits per heavy atom. The summed E-state index contributed by atoms with van der Waals surface area (Å²) in [5.74, 6) is -0.402. The molecule has 0 amide bonds. The fourth-order valence-corrected chi connectivity index (χ4v) is 2.35. The van der Waals surface area contributed by atoms with E-state index in [1.807, 2.05) is 18.2 Å². The number of esters is 1. The van der Waals surface area contributed by atoms with E-state index >= 15 is 0 Å². The smallest absolute Gasteiger partial charge is 0.337 e.